The number of nitriles is 1. The molecule has 0 saturated carbocycles. The average molecular weight is 476 g/mol. The van der Waals surface area contributed by atoms with Crippen LogP contribution in [0.15, 0.2) is 45.3 Å². The monoisotopic (exact) mass is 474 g/mol. The lowest BCUT2D eigenvalue weighted by Crippen LogP contribution is -2.24. The number of nitrogens with zero attached hydrogens (tertiary/aromatic N) is 2. The minimum absolute atomic E-state index is 0.132. The van der Waals surface area contributed by atoms with Gasteiger partial charge >= 0.3 is 5.97 Å². The van der Waals surface area contributed by atoms with E-state index in [1.165, 1.54) is 0 Å². The van der Waals surface area contributed by atoms with Crippen molar-refractivity contribution in [1.82, 2.24) is 4.98 Å². The molecule has 0 bridgehead atoms. The van der Waals surface area contributed by atoms with E-state index in [1.807, 2.05) is 39.0 Å². The number of hydrogen-bond acceptors (Lipinski definition) is 5. The number of carbonyl (C=O) groups excluding carboxylic acids is 1. The van der Waals surface area contributed by atoms with E-state index < -0.39 is 11.5 Å². The molecule has 1 heterocycles. The number of fused-ring (bicyclic) bond motifs is 1. The molecule has 0 spiro atoms. The first-order chi connectivity index (χ1) is 13.7. The molecule has 1 aromatic heterocycles. The Morgan fingerprint density at radius 1 is 1.34 bits per heavy atom. The summed E-state index contributed by atoms with van der Waals surface area (Å²) in [6, 6.07) is 13.2. The molecular weight excluding hydrogens is 456 g/mol. The summed E-state index contributed by atoms with van der Waals surface area (Å²) < 4.78 is 12.1. The van der Waals surface area contributed by atoms with Crippen molar-refractivity contribution in [3.8, 4) is 17.5 Å². The van der Waals surface area contributed by atoms with Crippen molar-refractivity contribution in [3.63, 3.8) is 0 Å². The molecule has 0 saturated heterocycles. The van der Waals surface area contributed by atoms with Crippen molar-refractivity contribution >= 4 is 44.6 Å². The van der Waals surface area contributed by atoms with Crippen LogP contribution in [0.25, 0.3) is 22.6 Å². The number of halogens is 2. The SMILES string of the molecule is CC(C)(C)OC(=O)CCC(C#N)c1cccc(-c2nc3cc(Br)ccc3o2)c1Cl. The second-order valence-corrected chi connectivity index (χ2v) is 8.94. The Balaban J connectivity index is 1.86. The lowest BCUT2D eigenvalue weighted by molar-refractivity contribution is -0.154. The van der Waals surface area contributed by atoms with Gasteiger partial charge in [0.2, 0.25) is 5.89 Å². The van der Waals surface area contributed by atoms with Crippen LogP contribution in [0, 0.1) is 11.3 Å². The molecule has 29 heavy (non-hydrogen) atoms. The maximum atomic E-state index is 12.0. The van der Waals surface area contributed by atoms with Crippen molar-refractivity contribution in [1.29, 1.82) is 5.26 Å². The Morgan fingerprint density at radius 3 is 2.79 bits per heavy atom. The van der Waals surface area contributed by atoms with Gasteiger partial charge in [0.25, 0.3) is 0 Å². The van der Waals surface area contributed by atoms with Crippen LogP contribution in [0.1, 0.15) is 45.1 Å². The van der Waals surface area contributed by atoms with Crippen molar-refractivity contribution in [2.45, 2.75) is 45.1 Å². The fourth-order valence-corrected chi connectivity index (χ4v) is 3.63. The second kappa shape index (κ2) is 8.56. The maximum Gasteiger partial charge on any atom is 0.306 e. The molecule has 0 radical (unpaired) electrons. The van der Waals surface area contributed by atoms with Crippen LogP contribution in [0.2, 0.25) is 5.02 Å². The summed E-state index contributed by atoms with van der Waals surface area (Å²) in [5.74, 6) is -0.503. The van der Waals surface area contributed by atoms with Crippen molar-refractivity contribution < 1.29 is 13.9 Å². The van der Waals surface area contributed by atoms with E-state index in [2.05, 4.69) is 27.0 Å². The van der Waals surface area contributed by atoms with Gasteiger partial charge in [-0.25, -0.2) is 4.98 Å². The first-order valence-electron chi connectivity index (χ1n) is 9.14. The Bertz CT molecular complexity index is 1100. The molecule has 1 unspecified atom stereocenters. The number of aromatic nitrogens is 1. The molecule has 150 valence electrons. The summed E-state index contributed by atoms with van der Waals surface area (Å²) in [5, 5.41) is 10.0. The van der Waals surface area contributed by atoms with Gasteiger partial charge in [0, 0.05) is 10.9 Å². The molecule has 0 aliphatic carbocycles. The highest BCUT2D eigenvalue weighted by molar-refractivity contribution is 9.10. The van der Waals surface area contributed by atoms with Gasteiger partial charge in [0.1, 0.15) is 11.1 Å². The molecule has 0 amide bonds. The van der Waals surface area contributed by atoms with E-state index in [-0.39, 0.29) is 12.4 Å². The van der Waals surface area contributed by atoms with Crippen LogP contribution in [0.3, 0.4) is 0 Å². The molecule has 7 heteroatoms. The molecule has 0 aliphatic rings. The number of carbonyl (C=O) groups is 1. The zero-order chi connectivity index (χ0) is 21.2. The minimum Gasteiger partial charge on any atom is -0.460 e. The zero-order valence-electron chi connectivity index (χ0n) is 16.3. The van der Waals surface area contributed by atoms with Crippen LogP contribution in [0.4, 0.5) is 0 Å². The first-order valence-corrected chi connectivity index (χ1v) is 10.3. The summed E-state index contributed by atoms with van der Waals surface area (Å²) in [7, 11) is 0. The summed E-state index contributed by atoms with van der Waals surface area (Å²) in [6.07, 6.45) is 0.446. The quantitative estimate of drug-likeness (QED) is 0.387. The highest BCUT2D eigenvalue weighted by Gasteiger charge is 2.22. The number of benzene rings is 2. The Kier molecular flexibility index (Phi) is 6.30. The predicted molar refractivity (Wildman–Crippen MR) is 116 cm³/mol. The standard InChI is InChI=1S/C22H20BrClN2O3/c1-22(2,3)29-19(27)10-7-13(12-25)15-5-4-6-16(20(15)24)21-26-17-11-14(23)8-9-18(17)28-21/h4-6,8-9,11,13H,7,10H2,1-3H3. The highest BCUT2D eigenvalue weighted by Crippen LogP contribution is 2.37. The summed E-state index contributed by atoms with van der Waals surface area (Å²) in [6.45, 7) is 5.43. The fourth-order valence-electron chi connectivity index (χ4n) is 2.94. The molecule has 0 fully saturated rings. The van der Waals surface area contributed by atoms with Gasteiger partial charge in [0.05, 0.1) is 22.6 Å². The zero-order valence-corrected chi connectivity index (χ0v) is 18.7. The average Bonchev–Trinajstić information content (AvgIpc) is 3.04. The lowest BCUT2D eigenvalue weighted by Gasteiger charge is -2.20. The summed E-state index contributed by atoms with van der Waals surface area (Å²) in [5.41, 5.74) is 2.04. The number of rotatable bonds is 5. The van der Waals surface area contributed by atoms with E-state index in [0.717, 1.165) is 4.47 Å². The predicted octanol–water partition coefficient (Wildman–Crippen LogP) is 6.64. The van der Waals surface area contributed by atoms with E-state index >= 15 is 0 Å². The van der Waals surface area contributed by atoms with Gasteiger partial charge in [-0.2, -0.15) is 5.26 Å². The molecule has 5 nitrogen and oxygen atoms in total. The van der Waals surface area contributed by atoms with Gasteiger partial charge in [-0.15, -0.1) is 0 Å². The molecular formula is C22H20BrClN2O3. The smallest absolute Gasteiger partial charge is 0.306 e. The van der Waals surface area contributed by atoms with Gasteiger partial charge < -0.3 is 9.15 Å². The Morgan fingerprint density at radius 2 is 2.10 bits per heavy atom. The third-order valence-electron chi connectivity index (χ3n) is 4.20. The normalized spacial score (nSPS) is 12.6. The van der Waals surface area contributed by atoms with Crippen LogP contribution in [0.5, 0.6) is 0 Å². The molecule has 1 atom stereocenters. The van der Waals surface area contributed by atoms with E-state index in [0.29, 0.717) is 39.6 Å². The second-order valence-electron chi connectivity index (χ2n) is 7.65. The summed E-state index contributed by atoms with van der Waals surface area (Å²) in [4.78, 5) is 16.5. The number of esters is 1. The van der Waals surface area contributed by atoms with E-state index in [9.17, 15) is 10.1 Å². The number of oxazole rings is 1. The number of ether oxygens (including phenoxy) is 1. The third kappa shape index (κ3) is 5.17. The van der Waals surface area contributed by atoms with Crippen LogP contribution in [-0.2, 0) is 9.53 Å². The van der Waals surface area contributed by atoms with Gasteiger partial charge in [-0.1, -0.05) is 39.7 Å². The number of hydrogen-bond donors (Lipinski definition) is 0. The van der Waals surface area contributed by atoms with Crippen LogP contribution in [-0.4, -0.2) is 16.6 Å². The minimum atomic E-state index is -0.557. The Labute approximate surface area is 182 Å². The van der Waals surface area contributed by atoms with Gasteiger partial charge in [0.15, 0.2) is 5.58 Å². The lowest BCUT2D eigenvalue weighted by atomic mass is 9.94. The molecule has 2 aromatic carbocycles. The molecule has 3 rings (SSSR count). The first kappa shape index (κ1) is 21.4. The van der Waals surface area contributed by atoms with Crippen LogP contribution >= 0.6 is 27.5 Å². The van der Waals surface area contributed by atoms with E-state index in [1.54, 1.807) is 18.2 Å². The van der Waals surface area contributed by atoms with Crippen molar-refractivity contribution in [2.24, 2.45) is 0 Å². The largest absolute Gasteiger partial charge is 0.460 e. The van der Waals surface area contributed by atoms with Gasteiger partial charge in [-0.05, 0) is 57.0 Å². The molecule has 0 N–H and O–H groups in total. The van der Waals surface area contributed by atoms with Crippen LogP contribution < -0.4 is 0 Å². The third-order valence-corrected chi connectivity index (χ3v) is 5.11. The highest BCUT2D eigenvalue weighted by atomic mass is 79.9. The Hall–Kier alpha value is -2.36. The fraction of sp³-hybridized carbons (Fsp3) is 0.318. The van der Waals surface area contributed by atoms with Gasteiger partial charge in [-0.3, -0.25) is 4.79 Å². The molecule has 0 aliphatic heterocycles. The maximum absolute atomic E-state index is 12.0. The summed E-state index contributed by atoms with van der Waals surface area (Å²) >= 11 is 10.0. The van der Waals surface area contributed by atoms with E-state index in [4.69, 9.17) is 20.8 Å². The van der Waals surface area contributed by atoms with Crippen molar-refractivity contribution in [3.05, 3.63) is 51.5 Å². The molecule has 3 aromatic rings. The van der Waals surface area contributed by atoms with Crippen molar-refractivity contribution in [2.75, 3.05) is 0 Å². The topological polar surface area (TPSA) is 76.1 Å².